The van der Waals surface area contributed by atoms with Crippen LogP contribution in [0.25, 0.3) is 0 Å². The van der Waals surface area contributed by atoms with Crippen molar-refractivity contribution in [2.75, 3.05) is 32.1 Å². The molecule has 0 saturated carbocycles. The molecule has 3 rings (SSSR count). The van der Waals surface area contributed by atoms with E-state index >= 15 is 0 Å². The number of carbonyl (C=O) groups excluding carboxylic acids is 1. The lowest BCUT2D eigenvalue weighted by Gasteiger charge is -2.17. The number of benzene rings is 2. The lowest BCUT2D eigenvalue weighted by Crippen LogP contribution is -2.30. The molecule has 138 valence electrons. The Kier molecular flexibility index (Phi) is 5.94. The van der Waals surface area contributed by atoms with Crippen molar-refractivity contribution in [1.29, 1.82) is 0 Å². The minimum Gasteiger partial charge on any atom is -0.392 e. The number of hydrogen-bond donors (Lipinski definition) is 1. The summed E-state index contributed by atoms with van der Waals surface area (Å²) in [4.78, 5) is 16.7. The first kappa shape index (κ1) is 18.5. The Morgan fingerprint density at radius 3 is 2.27 bits per heavy atom. The fourth-order valence-corrected chi connectivity index (χ4v) is 3.54. The number of amides is 1. The van der Waals surface area contributed by atoms with Gasteiger partial charge in [-0.1, -0.05) is 36.4 Å². The van der Waals surface area contributed by atoms with Gasteiger partial charge in [-0.2, -0.15) is 0 Å². The van der Waals surface area contributed by atoms with E-state index in [0.717, 1.165) is 42.7 Å². The molecule has 2 aromatic carbocycles. The van der Waals surface area contributed by atoms with Gasteiger partial charge >= 0.3 is 0 Å². The van der Waals surface area contributed by atoms with Gasteiger partial charge in [-0.05, 0) is 47.6 Å². The van der Waals surface area contributed by atoms with Crippen molar-refractivity contribution in [3.05, 3.63) is 65.2 Å². The maximum absolute atomic E-state index is 12.6. The monoisotopic (exact) mass is 352 g/mol. The molecule has 0 aliphatic carbocycles. The maximum Gasteiger partial charge on any atom is 0.226 e. The number of anilines is 1. The summed E-state index contributed by atoms with van der Waals surface area (Å²) in [6.45, 7) is 1.78. The van der Waals surface area contributed by atoms with E-state index in [1.807, 2.05) is 43.3 Å². The molecule has 1 N–H and O–H groups in total. The van der Waals surface area contributed by atoms with Crippen LogP contribution in [0.15, 0.2) is 48.5 Å². The lowest BCUT2D eigenvalue weighted by molar-refractivity contribution is -0.129. The molecule has 0 spiro atoms. The fraction of sp³-hybridized carbons (Fsp3) is 0.409. The van der Waals surface area contributed by atoms with E-state index in [9.17, 15) is 4.79 Å². The third-order valence-electron chi connectivity index (χ3n) is 5.18. The van der Waals surface area contributed by atoms with Gasteiger partial charge in [0.1, 0.15) is 0 Å². The summed E-state index contributed by atoms with van der Waals surface area (Å²) in [7, 11) is 4.03. The van der Waals surface area contributed by atoms with Gasteiger partial charge in [0.15, 0.2) is 0 Å². The van der Waals surface area contributed by atoms with Gasteiger partial charge in [-0.3, -0.25) is 4.79 Å². The van der Waals surface area contributed by atoms with Crippen LogP contribution in [-0.2, 0) is 24.2 Å². The smallest absolute Gasteiger partial charge is 0.226 e. The molecule has 1 atom stereocenters. The average molecular weight is 352 g/mol. The van der Waals surface area contributed by atoms with E-state index in [0.29, 0.717) is 12.3 Å². The number of rotatable bonds is 6. The number of carbonyl (C=O) groups is 1. The van der Waals surface area contributed by atoms with Gasteiger partial charge in [-0.15, -0.1) is 0 Å². The molecule has 26 heavy (non-hydrogen) atoms. The molecule has 1 heterocycles. The summed E-state index contributed by atoms with van der Waals surface area (Å²) in [5.74, 6) is 0.746. The zero-order valence-corrected chi connectivity index (χ0v) is 15.7. The van der Waals surface area contributed by atoms with E-state index in [-0.39, 0.29) is 12.5 Å². The van der Waals surface area contributed by atoms with Gasteiger partial charge < -0.3 is 14.9 Å². The van der Waals surface area contributed by atoms with Crippen molar-refractivity contribution in [3.8, 4) is 0 Å². The molecule has 2 aromatic rings. The van der Waals surface area contributed by atoms with Crippen molar-refractivity contribution >= 4 is 11.6 Å². The van der Waals surface area contributed by atoms with Crippen molar-refractivity contribution in [3.63, 3.8) is 0 Å². The van der Waals surface area contributed by atoms with E-state index in [1.165, 1.54) is 5.56 Å². The Bertz CT molecular complexity index is 723. The van der Waals surface area contributed by atoms with Crippen LogP contribution in [0.1, 0.15) is 23.1 Å². The summed E-state index contributed by atoms with van der Waals surface area (Å²) >= 11 is 0. The summed E-state index contributed by atoms with van der Waals surface area (Å²) in [5, 5.41) is 9.13. The number of likely N-dealkylation sites (tertiary alicyclic amines) is 1. The third-order valence-corrected chi connectivity index (χ3v) is 5.18. The first-order valence-electron chi connectivity index (χ1n) is 9.28. The van der Waals surface area contributed by atoms with Crippen molar-refractivity contribution < 1.29 is 9.90 Å². The number of nitrogens with zero attached hydrogens (tertiary/aromatic N) is 2. The number of aliphatic hydroxyl groups excluding tert-OH is 1. The van der Waals surface area contributed by atoms with Crippen LogP contribution in [0.5, 0.6) is 0 Å². The molecule has 1 amide bonds. The van der Waals surface area contributed by atoms with Crippen LogP contribution in [0.3, 0.4) is 0 Å². The Hall–Kier alpha value is -2.33. The van der Waals surface area contributed by atoms with Crippen LogP contribution in [0.2, 0.25) is 0 Å². The molecule has 4 heteroatoms. The Morgan fingerprint density at radius 1 is 1.04 bits per heavy atom. The lowest BCUT2D eigenvalue weighted by atomic mass is 9.98. The van der Waals surface area contributed by atoms with Crippen LogP contribution in [0.4, 0.5) is 5.69 Å². The van der Waals surface area contributed by atoms with Gasteiger partial charge in [0.05, 0.1) is 13.0 Å². The molecule has 4 nitrogen and oxygen atoms in total. The zero-order chi connectivity index (χ0) is 18.5. The summed E-state index contributed by atoms with van der Waals surface area (Å²) in [5.41, 5.74) is 4.44. The SMILES string of the molecule is CN(C)c1ccc(CC(=O)N2CC[C@@H](Cc3ccc(CO)cc3)C2)cc1. The Balaban J connectivity index is 1.51. The fourth-order valence-electron chi connectivity index (χ4n) is 3.54. The standard InChI is InChI=1S/C22H28N2O2/c1-23(2)21-9-7-18(8-10-21)14-22(26)24-12-11-20(15-24)13-17-3-5-19(16-25)6-4-17/h3-10,20,25H,11-16H2,1-2H3/t20-/m0/s1. The molecule has 1 aliphatic rings. The maximum atomic E-state index is 12.6. The molecule has 1 fully saturated rings. The topological polar surface area (TPSA) is 43.8 Å². The van der Waals surface area contributed by atoms with E-state index in [2.05, 4.69) is 29.2 Å². The molecular weight excluding hydrogens is 324 g/mol. The number of aliphatic hydroxyl groups is 1. The van der Waals surface area contributed by atoms with Crippen LogP contribution < -0.4 is 4.90 Å². The molecule has 1 saturated heterocycles. The summed E-state index contributed by atoms with van der Waals surface area (Å²) < 4.78 is 0. The molecule has 0 bridgehead atoms. The van der Waals surface area contributed by atoms with Crippen LogP contribution in [-0.4, -0.2) is 43.1 Å². The second-order valence-electron chi connectivity index (χ2n) is 7.41. The predicted molar refractivity (Wildman–Crippen MR) is 105 cm³/mol. The average Bonchev–Trinajstić information content (AvgIpc) is 3.11. The second-order valence-corrected chi connectivity index (χ2v) is 7.41. The zero-order valence-electron chi connectivity index (χ0n) is 15.7. The molecule has 0 aromatic heterocycles. The Morgan fingerprint density at radius 2 is 1.65 bits per heavy atom. The van der Waals surface area contributed by atoms with Crippen molar-refractivity contribution in [2.24, 2.45) is 5.92 Å². The molecular formula is C22H28N2O2. The van der Waals surface area contributed by atoms with Crippen LogP contribution in [0, 0.1) is 5.92 Å². The van der Waals surface area contributed by atoms with E-state index < -0.39 is 0 Å². The highest BCUT2D eigenvalue weighted by Crippen LogP contribution is 2.22. The third kappa shape index (κ3) is 4.64. The van der Waals surface area contributed by atoms with Crippen molar-refractivity contribution in [2.45, 2.75) is 25.9 Å². The van der Waals surface area contributed by atoms with E-state index in [4.69, 9.17) is 5.11 Å². The first-order chi connectivity index (χ1) is 12.5. The highest BCUT2D eigenvalue weighted by atomic mass is 16.3. The Labute approximate surface area is 156 Å². The highest BCUT2D eigenvalue weighted by molar-refractivity contribution is 5.79. The number of hydrogen-bond acceptors (Lipinski definition) is 3. The van der Waals surface area contributed by atoms with Gasteiger partial charge in [0, 0.05) is 32.9 Å². The molecule has 0 unspecified atom stereocenters. The largest absolute Gasteiger partial charge is 0.392 e. The van der Waals surface area contributed by atoms with Crippen molar-refractivity contribution in [1.82, 2.24) is 4.90 Å². The molecule has 0 radical (unpaired) electrons. The van der Waals surface area contributed by atoms with E-state index in [1.54, 1.807) is 0 Å². The minimum absolute atomic E-state index is 0.0848. The quantitative estimate of drug-likeness (QED) is 0.869. The van der Waals surface area contributed by atoms with Crippen LogP contribution >= 0.6 is 0 Å². The first-order valence-corrected chi connectivity index (χ1v) is 9.28. The summed E-state index contributed by atoms with van der Waals surface area (Å²) in [6, 6.07) is 16.3. The van der Waals surface area contributed by atoms with Gasteiger partial charge in [0.25, 0.3) is 0 Å². The normalized spacial score (nSPS) is 16.7. The predicted octanol–water partition coefficient (Wildman–Crippen LogP) is 2.88. The summed E-state index contributed by atoms with van der Waals surface area (Å²) in [6.07, 6.45) is 2.53. The minimum atomic E-state index is 0.0848. The molecule has 1 aliphatic heterocycles. The van der Waals surface area contributed by atoms with Gasteiger partial charge in [-0.25, -0.2) is 0 Å². The van der Waals surface area contributed by atoms with Gasteiger partial charge in [0.2, 0.25) is 5.91 Å². The highest BCUT2D eigenvalue weighted by Gasteiger charge is 2.26. The second kappa shape index (κ2) is 8.37.